The minimum Gasteiger partial charge on any atom is -0.493 e. The molecule has 1 aromatic carbocycles. The van der Waals surface area contributed by atoms with Crippen molar-refractivity contribution >= 4 is 6.03 Å². The molecule has 1 atom stereocenters. The summed E-state index contributed by atoms with van der Waals surface area (Å²) < 4.78 is 10.9. The van der Waals surface area contributed by atoms with Crippen molar-refractivity contribution in [2.24, 2.45) is 0 Å². The van der Waals surface area contributed by atoms with E-state index < -0.39 is 0 Å². The molecule has 22 heavy (non-hydrogen) atoms. The molecule has 1 saturated heterocycles. The first-order valence-corrected chi connectivity index (χ1v) is 7.59. The first-order valence-electron chi connectivity index (χ1n) is 7.59. The maximum absolute atomic E-state index is 12.1. The maximum atomic E-state index is 12.1. The third-order valence-corrected chi connectivity index (χ3v) is 3.68. The summed E-state index contributed by atoms with van der Waals surface area (Å²) in [5.41, 5.74) is 0. The predicted molar refractivity (Wildman–Crippen MR) is 83.3 cm³/mol. The number of aliphatic hydroxyl groups excluding tert-OH is 1. The molecule has 122 valence electrons. The van der Waals surface area contributed by atoms with Crippen LogP contribution in [0.2, 0.25) is 0 Å². The SMILES string of the molecule is COc1ccccc1OC[C@H](C)NC(=O)N1CCC(O)CC1. The van der Waals surface area contributed by atoms with E-state index in [0.717, 1.165) is 0 Å². The van der Waals surface area contributed by atoms with Gasteiger partial charge in [0.05, 0.1) is 19.3 Å². The first-order chi connectivity index (χ1) is 10.6. The molecule has 0 unspecified atom stereocenters. The van der Waals surface area contributed by atoms with Crippen LogP contribution in [0.1, 0.15) is 19.8 Å². The van der Waals surface area contributed by atoms with Gasteiger partial charge in [-0.15, -0.1) is 0 Å². The van der Waals surface area contributed by atoms with Crippen LogP contribution in [0, 0.1) is 0 Å². The number of carbonyl (C=O) groups is 1. The third kappa shape index (κ3) is 4.53. The Hall–Kier alpha value is -1.95. The lowest BCUT2D eigenvalue weighted by Crippen LogP contribution is -2.49. The van der Waals surface area contributed by atoms with E-state index in [1.807, 2.05) is 31.2 Å². The lowest BCUT2D eigenvalue weighted by atomic mass is 10.1. The monoisotopic (exact) mass is 308 g/mol. The van der Waals surface area contributed by atoms with Crippen LogP contribution < -0.4 is 14.8 Å². The summed E-state index contributed by atoms with van der Waals surface area (Å²) in [7, 11) is 1.60. The maximum Gasteiger partial charge on any atom is 0.317 e. The van der Waals surface area contributed by atoms with Crippen LogP contribution in [0.15, 0.2) is 24.3 Å². The largest absolute Gasteiger partial charge is 0.493 e. The normalized spacial score (nSPS) is 17.0. The van der Waals surface area contributed by atoms with Crippen LogP contribution in [0.4, 0.5) is 4.79 Å². The number of aliphatic hydroxyl groups is 1. The van der Waals surface area contributed by atoms with Gasteiger partial charge in [0.1, 0.15) is 6.61 Å². The van der Waals surface area contributed by atoms with E-state index in [0.29, 0.717) is 44.0 Å². The molecular formula is C16H24N2O4. The summed E-state index contributed by atoms with van der Waals surface area (Å²) in [6.45, 7) is 3.44. The van der Waals surface area contributed by atoms with Gasteiger partial charge in [-0.3, -0.25) is 0 Å². The Balaban J connectivity index is 1.77. The lowest BCUT2D eigenvalue weighted by Gasteiger charge is -2.30. The van der Waals surface area contributed by atoms with Crippen molar-refractivity contribution in [3.05, 3.63) is 24.3 Å². The Morgan fingerprint density at radius 2 is 2.00 bits per heavy atom. The standard InChI is InChI=1S/C16H24N2O4/c1-12(11-22-15-6-4-3-5-14(15)21-2)17-16(20)18-9-7-13(19)8-10-18/h3-6,12-13,19H,7-11H2,1-2H3,(H,17,20)/t12-/m0/s1. The molecule has 1 aliphatic heterocycles. The van der Waals surface area contributed by atoms with Gasteiger partial charge in [-0.25, -0.2) is 4.79 Å². The van der Waals surface area contributed by atoms with E-state index >= 15 is 0 Å². The number of para-hydroxylation sites is 2. The molecule has 6 heteroatoms. The zero-order valence-corrected chi connectivity index (χ0v) is 13.1. The van der Waals surface area contributed by atoms with Crippen LogP contribution >= 0.6 is 0 Å². The highest BCUT2D eigenvalue weighted by molar-refractivity contribution is 5.74. The number of carbonyl (C=O) groups excluding carboxylic acids is 1. The highest BCUT2D eigenvalue weighted by Crippen LogP contribution is 2.25. The fourth-order valence-electron chi connectivity index (χ4n) is 2.37. The van der Waals surface area contributed by atoms with Gasteiger partial charge in [0.2, 0.25) is 0 Å². The fraction of sp³-hybridized carbons (Fsp3) is 0.562. The highest BCUT2D eigenvalue weighted by atomic mass is 16.5. The molecule has 0 saturated carbocycles. The number of nitrogens with one attached hydrogen (secondary N) is 1. The Morgan fingerprint density at radius 3 is 2.64 bits per heavy atom. The predicted octanol–water partition coefficient (Wildman–Crippen LogP) is 1.63. The van der Waals surface area contributed by atoms with E-state index in [1.54, 1.807) is 12.0 Å². The molecule has 0 aliphatic carbocycles. The van der Waals surface area contributed by atoms with E-state index in [1.165, 1.54) is 0 Å². The van der Waals surface area contributed by atoms with Crippen molar-refractivity contribution in [3.63, 3.8) is 0 Å². The zero-order chi connectivity index (χ0) is 15.9. The number of rotatable bonds is 5. The van der Waals surface area contributed by atoms with Crippen LogP contribution in [0.25, 0.3) is 0 Å². The second-order valence-electron chi connectivity index (χ2n) is 5.53. The van der Waals surface area contributed by atoms with Gasteiger partial charge < -0.3 is 24.8 Å². The molecule has 1 heterocycles. The number of ether oxygens (including phenoxy) is 2. The number of piperidine rings is 1. The molecule has 0 bridgehead atoms. The molecule has 2 amide bonds. The average molecular weight is 308 g/mol. The minimum absolute atomic E-state index is 0.108. The number of urea groups is 1. The van der Waals surface area contributed by atoms with Crippen molar-refractivity contribution in [2.75, 3.05) is 26.8 Å². The number of methoxy groups -OCH3 is 1. The molecule has 2 N–H and O–H groups in total. The highest BCUT2D eigenvalue weighted by Gasteiger charge is 2.22. The number of likely N-dealkylation sites (tertiary alicyclic amines) is 1. The molecule has 6 nitrogen and oxygen atoms in total. The van der Waals surface area contributed by atoms with Crippen LogP contribution in [0.5, 0.6) is 11.5 Å². The van der Waals surface area contributed by atoms with Crippen molar-refractivity contribution < 1.29 is 19.4 Å². The molecule has 0 aromatic heterocycles. The number of nitrogens with zero attached hydrogens (tertiary/aromatic N) is 1. The zero-order valence-electron chi connectivity index (χ0n) is 13.1. The summed E-state index contributed by atoms with van der Waals surface area (Å²) in [5.74, 6) is 1.33. The lowest BCUT2D eigenvalue weighted by molar-refractivity contribution is 0.0922. The van der Waals surface area contributed by atoms with Gasteiger partial charge in [-0.2, -0.15) is 0 Å². The Morgan fingerprint density at radius 1 is 1.36 bits per heavy atom. The second kappa shape index (κ2) is 7.89. The van der Waals surface area contributed by atoms with Crippen molar-refractivity contribution in [3.8, 4) is 11.5 Å². The quantitative estimate of drug-likeness (QED) is 0.867. The number of hydrogen-bond acceptors (Lipinski definition) is 4. The van der Waals surface area contributed by atoms with E-state index in [2.05, 4.69) is 5.32 Å². The second-order valence-corrected chi connectivity index (χ2v) is 5.53. The summed E-state index contributed by atoms with van der Waals surface area (Å²) in [6, 6.07) is 7.19. The van der Waals surface area contributed by atoms with Gasteiger partial charge in [0.25, 0.3) is 0 Å². The first kappa shape index (κ1) is 16.4. The van der Waals surface area contributed by atoms with Gasteiger partial charge in [-0.1, -0.05) is 12.1 Å². The fourth-order valence-corrected chi connectivity index (χ4v) is 2.37. The van der Waals surface area contributed by atoms with E-state index in [4.69, 9.17) is 9.47 Å². The van der Waals surface area contributed by atoms with E-state index in [-0.39, 0.29) is 18.2 Å². The van der Waals surface area contributed by atoms with Crippen molar-refractivity contribution in [1.29, 1.82) is 0 Å². The minimum atomic E-state index is -0.282. The topological polar surface area (TPSA) is 71.0 Å². The summed E-state index contributed by atoms with van der Waals surface area (Å²) in [6.07, 6.45) is 0.995. The number of hydrogen-bond donors (Lipinski definition) is 2. The Kier molecular flexibility index (Phi) is 5.89. The molecular weight excluding hydrogens is 284 g/mol. The molecule has 1 fully saturated rings. The van der Waals surface area contributed by atoms with Crippen LogP contribution in [-0.4, -0.2) is 55.0 Å². The van der Waals surface area contributed by atoms with Crippen molar-refractivity contribution in [1.82, 2.24) is 10.2 Å². The molecule has 2 rings (SSSR count). The summed E-state index contributed by atoms with van der Waals surface area (Å²) in [4.78, 5) is 13.8. The molecule has 1 aliphatic rings. The Labute approximate surface area is 131 Å². The van der Waals surface area contributed by atoms with Gasteiger partial charge in [-0.05, 0) is 31.9 Å². The number of benzene rings is 1. The van der Waals surface area contributed by atoms with Crippen LogP contribution in [0.3, 0.4) is 0 Å². The summed E-state index contributed by atoms with van der Waals surface area (Å²) >= 11 is 0. The Bertz CT molecular complexity index is 487. The van der Waals surface area contributed by atoms with Gasteiger partial charge >= 0.3 is 6.03 Å². The van der Waals surface area contributed by atoms with E-state index in [9.17, 15) is 9.90 Å². The molecule has 1 aromatic rings. The molecule has 0 spiro atoms. The average Bonchev–Trinajstić information content (AvgIpc) is 2.53. The number of amides is 2. The van der Waals surface area contributed by atoms with Gasteiger partial charge in [0, 0.05) is 13.1 Å². The van der Waals surface area contributed by atoms with Crippen LogP contribution in [-0.2, 0) is 0 Å². The van der Waals surface area contributed by atoms with Gasteiger partial charge in [0.15, 0.2) is 11.5 Å². The third-order valence-electron chi connectivity index (χ3n) is 3.68. The van der Waals surface area contributed by atoms with Crippen molar-refractivity contribution in [2.45, 2.75) is 31.9 Å². The summed E-state index contributed by atoms with van der Waals surface area (Å²) in [5, 5.41) is 12.4. The smallest absolute Gasteiger partial charge is 0.317 e. The molecule has 0 radical (unpaired) electrons.